The Labute approximate surface area is 172 Å². The van der Waals surface area contributed by atoms with E-state index >= 15 is 0 Å². The number of hydrogen-bond acceptors (Lipinski definition) is 5. The highest BCUT2D eigenvalue weighted by Crippen LogP contribution is 2.34. The SMILES string of the molecule is O=C(NO)c1cc(-n2cccc2)c([N+](=O)[O-])cc1Nc1ccc(I)cc1Cl. The molecule has 0 spiro atoms. The van der Waals surface area contributed by atoms with Gasteiger partial charge < -0.3 is 9.88 Å². The van der Waals surface area contributed by atoms with Gasteiger partial charge in [-0.05, 0) is 59.0 Å². The number of carbonyl (C=O) groups excluding carboxylic acids is 1. The highest BCUT2D eigenvalue weighted by atomic mass is 127. The van der Waals surface area contributed by atoms with Crippen LogP contribution in [0, 0.1) is 13.7 Å². The predicted molar refractivity (Wildman–Crippen MR) is 109 cm³/mol. The molecular weight excluding hydrogens is 487 g/mol. The third-order valence-electron chi connectivity index (χ3n) is 3.74. The number of nitrogens with zero attached hydrogens (tertiary/aromatic N) is 2. The fraction of sp³-hybridized carbons (Fsp3) is 0. The van der Waals surface area contributed by atoms with Crippen molar-refractivity contribution in [2.24, 2.45) is 0 Å². The topological polar surface area (TPSA) is 109 Å². The number of nitro benzene ring substituents is 1. The van der Waals surface area contributed by atoms with Crippen LogP contribution in [0.15, 0.2) is 54.9 Å². The molecule has 0 atom stereocenters. The van der Waals surface area contributed by atoms with Crippen molar-refractivity contribution in [1.29, 1.82) is 0 Å². The third kappa shape index (κ3) is 4.04. The standard InChI is InChI=1S/C17H12ClIN4O4/c18-12-7-10(19)3-4-13(12)20-14-9-16(23(26)27)15(22-5-1-2-6-22)8-11(14)17(24)21-25/h1-9,20,25H,(H,21,24). The van der Waals surface area contributed by atoms with Crippen molar-refractivity contribution in [1.82, 2.24) is 10.0 Å². The summed E-state index contributed by atoms with van der Waals surface area (Å²) >= 11 is 8.30. The molecule has 0 unspecified atom stereocenters. The molecule has 0 fully saturated rings. The van der Waals surface area contributed by atoms with Gasteiger partial charge >= 0.3 is 0 Å². The molecule has 0 saturated carbocycles. The maximum absolute atomic E-state index is 12.2. The molecule has 0 aliphatic rings. The Hall–Kier alpha value is -2.63. The van der Waals surface area contributed by atoms with Crippen LogP contribution in [0.3, 0.4) is 0 Å². The Bertz CT molecular complexity index is 1020. The second kappa shape index (κ2) is 7.94. The first-order valence-corrected chi connectivity index (χ1v) is 8.98. The summed E-state index contributed by atoms with van der Waals surface area (Å²) in [5, 5.41) is 24.0. The number of benzene rings is 2. The number of hydrogen-bond donors (Lipinski definition) is 3. The van der Waals surface area contributed by atoms with Crippen LogP contribution in [0.5, 0.6) is 0 Å². The van der Waals surface area contributed by atoms with Gasteiger partial charge in [0.25, 0.3) is 11.6 Å². The molecule has 2 aromatic carbocycles. The molecule has 0 aliphatic carbocycles. The Morgan fingerprint density at radius 2 is 1.89 bits per heavy atom. The van der Waals surface area contributed by atoms with Gasteiger partial charge in [-0.2, -0.15) is 0 Å². The predicted octanol–water partition coefficient (Wildman–Crippen LogP) is 4.51. The van der Waals surface area contributed by atoms with Gasteiger partial charge in [0, 0.05) is 22.0 Å². The van der Waals surface area contributed by atoms with Crippen molar-refractivity contribution in [3.8, 4) is 5.69 Å². The summed E-state index contributed by atoms with van der Waals surface area (Å²) in [4.78, 5) is 23.2. The maximum Gasteiger partial charge on any atom is 0.295 e. The Morgan fingerprint density at radius 3 is 2.48 bits per heavy atom. The van der Waals surface area contributed by atoms with E-state index in [0.29, 0.717) is 10.7 Å². The Kier molecular flexibility index (Phi) is 5.63. The summed E-state index contributed by atoms with van der Waals surface area (Å²) in [6, 6.07) is 11.2. The van der Waals surface area contributed by atoms with Crippen molar-refractivity contribution >= 4 is 57.2 Å². The molecule has 8 nitrogen and oxygen atoms in total. The smallest absolute Gasteiger partial charge is 0.295 e. The lowest BCUT2D eigenvalue weighted by Crippen LogP contribution is -2.20. The first-order chi connectivity index (χ1) is 12.9. The van der Waals surface area contributed by atoms with Crippen LogP contribution in [0.25, 0.3) is 5.69 Å². The zero-order chi connectivity index (χ0) is 19.6. The van der Waals surface area contributed by atoms with Crippen LogP contribution >= 0.6 is 34.2 Å². The van der Waals surface area contributed by atoms with E-state index in [4.69, 9.17) is 16.8 Å². The molecule has 0 radical (unpaired) electrons. The van der Waals surface area contributed by atoms with Crippen molar-refractivity contribution in [2.75, 3.05) is 5.32 Å². The zero-order valence-corrected chi connectivity index (χ0v) is 16.4. The number of anilines is 2. The summed E-state index contributed by atoms with van der Waals surface area (Å²) < 4.78 is 2.42. The van der Waals surface area contributed by atoms with Gasteiger partial charge in [0.1, 0.15) is 5.69 Å². The minimum absolute atomic E-state index is 0.0152. The van der Waals surface area contributed by atoms with E-state index in [1.165, 1.54) is 16.7 Å². The Balaban J connectivity index is 2.18. The van der Waals surface area contributed by atoms with Crippen LogP contribution in [0.2, 0.25) is 5.02 Å². The van der Waals surface area contributed by atoms with E-state index in [-0.39, 0.29) is 22.6 Å². The maximum atomic E-state index is 12.2. The summed E-state index contributed by atoms with van der Waals surface area (Å²) in [5.74, 6) is -0.817. The summed E-state index contributed by atoms with van der Waals surface area (Å²) in [6.07, 6.45) is 3.23. The number of hydroxylamine groups is 1. The quantitative estimate of drug-likeness (QED) is 0.208. The highest BCUT2D eigenvalue weighted by molar-refractivity contribution is 14.1. The van der Waals surface area contributed by atoms with Crippen molar-refractivity contribution < 1.29 is 14.9 Å². The summed E-state index contributed by atoms with van der Waals surface area (Å²) in [6.45, 7) is 0. The molecule has 3 rings (SSSR count). The van der Waals surface area contributed by atoms with Gasteiger partial charge in [0.15, 0.2) is 0 Å². The number of nitro groups is 1. The Morgan fingerprint density at radius 1 is 1.19 bits per heavy atom. The van der Waals surface area contributed by atoms with Gasteiger partial charge in [-0.1, -0.05) is 11.6 Å². The minimum Gasteiger partial charge on any atom is -0.353 e. The number of halogens is 2. The highest BCUT2D eigenvalue weighted by Gasteiger charge is 2.23. The number of carbonyl (C=O) groups is 1. The van der Waals surface area contributed by atoms with Gasteiger partial charge in [-0.25, -0.2) is 5.48 Å². The molecule has 3 N–H and O–H groups in total. The molecule has 3 aromatic rings. The minimum atomic E-state index is -0.817. The average molecular weight is 499 g/mol. The van der Waals surface area contributed by atoms with Crippen molar-refractivity contribution in [3.05, 3.63) is 79.1 Å². The van der Waals surface area contributed by atoms with E-state index in [1.807, 2.05) is 0 Å². The lowest BCUT2D eigenvalue weighted by atomic mass is 10.1. The van der Waals surface area contributed by atoms with E-state index in [2.05, 4.69) is 27.9 Å². The van der Waals surface area contributed by atoms with Gasteiger partial charge in [0.05, 0.1) is 26.9 Å². The summed E-state index contributed by atoms with van der Waals surface area (Å²) in [7, 11) is 0. The molecule has 10 heteroatoms. The van der Waals surface area contributed by atoms with Crippen LogP contribution in [-0.4, -0.2) is 20.6 Å². The van der Waals surface area contributed by atoms with Gasteiger partial charge in [0.2, 0.25) is 0 Å². The van der Waals surface area contributed by atoms with Gasteiger partial charge in [-0.15, -0.1) is 0 Å². The largest absolute Gasteiger partial charge is 0.353 e. The number of aromatic nitrogens is 1. The fourth-order valence-corrected chi connectivity index (χ4v) is 3.42. The lowest BCUT2D eigenvalue weighted by Gasteiger charge is -2.15. The molecule has 0 aliphatic heterocycles. The monoisotopic (exact) mass is 498 g/mol. The molecule has 0 bridgehead atoms. The molecule has 1 heterocycles. The van der Waals surface area contributed by atoms with E-state index in [1.54, 1.807) is 48.2 Å². The third-order valence-corrected chi connectivity index (χ3v) is 4.72. The van der Waals surface area contributed by atoms with Crippen LogP contribution in [-0.2, 0) is 0 Å². The fourth-order valence-electron chi connectivity index (χ4n) is 2.51. The van der Waals surface area contributed by atoms with Crippen LogP contribution in [0.1, 0.15) is 10.4 Å². The van der Waals surface area contributed by atoms with Crippen LogP contribution < -0.4 is 10.8 Å². The van der Waals surface area contributed by atoms with E-state index < -0.39 is 10.8 Å². The first-order valence-electron chi connectivity index (χ1n) is 7.53. The molecular formula is C17H12ClIN4O4. The number of nitrogens with one attached hydrogen (secondary N) is 2. The van der Waals surface area contributed by atoms with Gasteiger partial charge in [-0.3, -0.25) is 20.1 Å². The lowest BCUT2D eigenvalue weighted by molar-refractivity contribution is -0.384. The molecule has 1 aromatic heterocycles. The van der Waals surface area contributed by atoms with Crippen molar-refractivity contribution in [2.45, 2.75) is 0 Å². The number of rotatable bonds is 5. The zero-order valence-electron chi connectivity index (χ0n) is 13.5. The number of amides is 1. The normalized spacial score (nSPS) is 10.5. The molecule has 27 heavy (non-hydrogen) atoms. The summed E-state index contributed by atoms with van der Waals surface area (Å²) in [5.41, 5.74) is 2.14. The van der Waals surface area contributed by atoms with Crippen LogP contribution in [0.4, 0.5) is 17.1 Å². The van der Waals surface area contributed by atoms with Crippen molar-refractivity contribution in [3.63, 3.8) is 0 Å². The average Bonchev–Trinajstić information content (AvgIpc) is 3.17. The van der Waals surface area contributed by atoms with E-state index in [9.17, 15) is 14.9 Å². The second-order valence-corrected chi connectivity index (χ2v) is 7.08. The molecule has 138 valence electrons. The van der Waals surface area contributed by atoms with E-state index in [0.717, 1.165) is 3.57 Å². The second-order valence-electron chi connectivity index (χ2n) is 5.42. The molecule has 0 saturated heterocycles. The first kappa shape index (κ1) is 19.1. The molecule has 1 amide bonds.